The van der Waals surface area contributed by atoms with Crippen LogP contribution in [0.15, 0.2) is 0 Å². The number of hydrogen-bond acceptors (Lipinski definition) is 2. The Morgan fingerprint density at radius 2 is 2.00 bits per heavy atom. The van der Waals surface area contributed by atoms with Crippen molar-refractivity contribution in [1.82, 2.24) is 4.90 Å². The number of nitrogens with zero attached hydrogens (tertiary/aromatic N) is 1. The summed E-state index contributed by atoms with van der Waals surface area (Å²) >= 11 is 0. The van der Waals surface area contributed by atoms with Crippen LogP contribution in [0.4, 0.5) is 0 Å². The summed E-state index contributed by atoms with van der Waals surface area (Å²) in [6.07, 6.45) is 6.96. The molecule has 2 fully saturated rings. The number of amides is 1. The number of aliphatic hydroxyl groups excluding tert-OH is 1. The van der Waals surface area contributed by atoms with Crippen LogP contribution in [0.1, 0.15) is 38.5 Å². The fraction of sp³-hybridized carbons (Fsp3) is 0.909. The molecule has 3 heteroatoms. The number of hydrogen-bond donors (Lipinski definition) is 1. The Morgan fingerprint density at radius 3 is 2.57 bits per heavy atom. The molecule has 3 nitrogen and oxygen atoms in total. The number of likely N-dealkylation sites (tertiary alicyclic amines) is 1. The molecule has 1 aliphatic carbocycles. The van der Waals surface area contributed by atoms with Crippen LogP contribution >= 0.6 is 0 Å². The van der Waals surface area contributed by atoms with Crippen molar-refractivity contribution in [2.45, 2.75) is 38.5 Å². The van der Waals surface area contributed by atoms with Gasteiger partial charge in [0, 0.05) is 19.5 Å². The summed E-state index contributed by atoms with van der Waals surface area (Å²) < 4.78 is 0. The monoisotopic (exact) mass is 197 g/mol. The van der Waals surface area contributed by atoms with Crippen LogP contribution in [0.2, 0.25) is 0 Å². The standard InChI is InChI=1S/C11H19NO2/c13-8-7-12-6-5-11(9-10(12)14)3-1-2-4-11/h13H,1-9H2. The lowest BCUT2D eigenvalue weighted by atomic mass is 9.77. The zero-order valence-electron chi connectivity index (χ0n) is 8.67. The molecule has 14 heavy (non-hydrogen) atoms. The predicted octanol–water partition coefficient (Wildman–Crippen LogP) is 1.16. The molecular weight excluding hydrogens is 178 g/mol. The number of rotatable bonds is 2. The van der Waals surface area contributed by atoms with Crippen LogP contribution in [0.3, 0.4) is 0 Å². The van der Waals surface area contributed by atoms with Gasteiger partial charge in [0.15, 0.2) is 0 Å². The van der Waals surface area contributed by atoms with Crippen molar-refractivity contribution in [3.63, 3.8) is 0 Å². The fourth-order valence-corrected chi connectivity index (χ4v) is 2.93. The smallest absolute Gasteiger partial charge is 0.223 e. The fourth-order valence-electron chi connectivity index (χ4n) is 2.93. The molecule has 1 heterocycles. The lowest BCUT2D eigenvalue weighted by Gasteiger charge is -2.38. The van der Waals surface area contributed by atoms with Gasteiger partial charge in [-0.2, -0.15) is 0 Å². The van der Waals surface area contributed by atoms with Crippen molar-refractivity contribution in [1.29, 1.82) is 0 Å². The van der Waals surface area contributed by atoms with Crippen LogP contribution in [0.5, 0.6) is 0 Å². The van der Waals surface area contributed by atoms with E-state index in [-0.39, 0.29) is 12.5 Å². The van der Waals surface area contributed by atoms with E-state index in [1.165, 1.54) is 25.7 Å². The molecule has 0 aromatic rings. The van der Waals surface area contributed by atoms with Crippen molar-refractivity contribution in [3.05, 3.63) is 0 Å². The average Bonchev–Trinajstić information content (AvgIpc) is 2.59. The molecule has 0 atom stereocenters. The van der Waals surface area contributed by atoms with E-state index in [0.29, 0.717) is 12.0 Å². The summed E-state index contributed by atoms with van der Waals surface area (Å²) in [5.41, 5.74) is 0.350. The molecule has 1 aliphatic heterocycles. The van der Waals surface area contributed by atoms with Gasteiger partial charge in [-0.15, -0.1) is 0 Å². The molecule has 1 spiro atoms. The van der Waals surface area contributed by atoms with Crippen LogP contribution in [-0.4, -0.2) is 35.6 Å². The molecular formula is C11H19NO2. The maximum atomic E-state index is 11.8. The van der Waals surface area contributed by atoms with E-state index in [2.05, 4.69) is 0 Å². The van der Waals surface area contributed by atoms with Gasteiger partial charge < -0.3 is 10.0 Å². The Bertz CT molecular complexity index is 221. The van der Waals surface area contributed by atoms with Crippen molar-refractivity contribution in [3.8, 4) is 0 Å². The van der Waals surface area contributed by atoms with Gasteiger partial charge in [-0.05, 0) is 24.7 Å². The second kappa shape index (κ2) is 3.89. The van der Waals surface area contributed by atoms with Gasteiger partial charge in [-0.3, -0.25) is 4.79 Å². The van der Waals surface area contributed by atoms with Gasteiger partial charge in [-0.25, -0.2) is 0 Å². The molecule has 1 saturated heterocycles. The largest absolute Gasteiger partial charge is 0.395 e. The van der Waals surface area contributed by atoms with Crippen LogP contribution in [0.25, 0.3) is 0 Å². The minimum atomic E-state index is 0.0960. The Morgan fingerprint density at radius 1 is 1.29 bits per heavy atom. The molecule has 2 aliphatic rings. The second-order valence-corrected chi connectivity index (χ2v) is 4.74. The summed E-state index contributed by atoms with van der Waals surface area (Å²) in [5, 5.41) is 8.80. The number of β-amino-alcohol motifs (C(OH)–C–C–N with tert-alkyl or cyclic N) is 1. The van der Waals surface area contributed by atoms with Gasteiger partial charge in [0.05, 0.1) is 6.61 Å². The molecule has 0 radical (unpaired) electrons. The van der Waals surface area contributed by atoms with Gasteiger partial charge in [0.25, 0.3) is 0 Å². The van der Waals surface area contributed by atoms with Crippen LogP contribution in [0, 0.1) is 5.41 Å². The van der Waals surface area contributed by atoms with Crippen LogP contribution < -0.4 is 0 Å². The van der Waals surface area contributed by atoms with E-state index in [0.717, 1.165) is 19.4 Å². The van der Waals surface area contributed by atoms with E-state index in [1.807, 2.05) is 4.90 Å². The lowest BCUT2D eigenvalue weighted by Crippen LogP contribution is -2.44. The summed E-state index contributed by atoms with van der Waals surface area (Å²) in [6, 6.07) is 0. The number of carbonyl (C=O) groups is 1. The third-order valence-corrected chi connectivity index (χ3v) is 3.83. The van der Waals surface area contributed by atoms with E-state index in [1.54, 1.807) is 0 Å². The van der Waals surface area contributed by atoms with Gasteiger partial charge in [-0.1, -0.05) is 12.8 Å². The first kappa shape index (κ1) is 9.97. The predicted molar refractivity (Wildman–Crippen MR) is 53.8 cm³/mol. The molecule has 0 unspecified atom stereocenters. The third-order valence-electron chi connectivity index (χ3n) is 3.83. The highest BCUT2D eigenvalue weighted by molar-refractivity contribution is 5.77. The zero-order valence-corrected chi connectivity index (χ0v) is 8.67. The lowest BCUT2D eigenvalue weighted by molar-refractivity contribution is -0.138. The topological polar surface area (TPSA) is 40.5 Å². The number of carbonyl (C=O) groups excluding carboxylic acids is 1. The Kier molecular flexibility index (Phi) is 2.77. The first-order valence-electron chi connectivity index (χ1n) is 5.64. The van der Waals surface area contributed by atoms with Gasteiger partial charge in [0.2, 0.25) is 5.91 Å². The van der Waals surface area contributed by atoms with Crippen molar-refractivity contribution < 1.29 is 9.90 Å². The Labute approximate surface area is 85.1 Å². The number of piperidine rings is 1. The zero-order chi connectivity index (χ0) is 10.0. The van der Waals surface area contributed by atoms with Crippen molar-refractivity contribution in [2.75, 3.05) is 19.7 Å². The first-order valence-corrected chi connectivity index (χ1v) is 5.64. The maximum Gasteiger partial charge on any atom is 0.223 e. The minimum Gasteiger partial charge on any atom is -0.395 e. The Balaban J connectivity index is 1.95. The first-order chi connectivity index (χ1) is 6.76. The normalized spacial score (nSPS) is 26.1. The molecule has 0 aromatic heterocycles. The van der Waals surface area contributed by atoms with Gasteiger partial charge >= 0.3 is 0 Å². The molecule has 1 saturated carbocycles. The van der Waals surface area contributed by atoms with Crippen molar-refractivity contribution in [2.24, 2.45) is 5.41 Å². The molecule has 0 bridgehead atoms. The SMILES string of the molecule is O=C1CC2(CCCC2)CCN1CCO. The maximum absolute atomic E-state index is 11.8. The van der Waals surface area contributed by atoms with E-state index in [4.69, 9.17) is 5.11 Å². The molecule has 2 rings (SSSR count). The second-order valence-electron chi connectivity index (χ2n) is 4.74. The van der Waals surface area contributed by atoms with Crippen LogP contribution in [-0.2, 0) is 4.79 Å². The molecule has 0 aromatic carbocycles. The Hall–Kier alpha value is -0.570. The molecule has 80 valence electrons. The number of aliphatic hydroxyl groups is 1. The quantitative estimate of drug-likeness (QED) is 0.721. The minimum absolute atomic E-state index is 0.0960. The highest BCUT2D eigenvalue weighted by atomic mass is 16.3. The van der Waals surface area contributed by atoms with E-state index < -0.39 is 0 Å². The van der Waals surface area contributed by atoms with E-state index >= 15 is 0 Å². The van der Waals surface area contributed by atoms with Crippen molar-refractivity contribution >= 4 is 5.91 Å². The third kappa shape index (κ3) is 1.78. The molecule has 1 amide bonds. The molecule has 1 N–H and O–H groups in total. The summed E-state index contributed by atoms with van der Waals surface area (Å²) in [6.45, 7) is 1.48. The highest BCUT2D eigenvalue weighted by Gasteiger charge is 2.40. The van der Waals surface area contributed by atoms with E-state index in [9.17, 15) is 4.79 Å². The summed E-state index contributed by atoms with van der Waals surface area (Å²) in [7, 11) is 0. The van der Waals surface area contributed by atoms with Gasteiger partial charge in [0.1, 0.15) is 0 Å². The summed E-state index contributed by atoms with van der Waals surface area (Å²) in [4.78, 5) is 13.6. The average molecular weight is 197 g/mol. The summed E-state index contributed by atoms with van der Waals surface area (Å²) in [5.74, 6) is 0.257. The highest BCUT2D eigenvalue weighted by Crippen LogP contribution is 2.46.